The molecule has 94 valence electrons. The second kappa shape index (κ2) is 4.74. The average Bonchev–Trinajstić information content (AvgIpc) is 2.10. The van der Waals surface area contributed by atoms with E-state index in [1.54, 1.807) is 20.8 Å². The largest absolute Gasteiger partial charge is 0.444 e. The summed E-state index contributed by atoms with van der Waals surface area (Å²) in [6.07, 6.45) is -0.764. The Kier molecular flexibility index (Phi) is 3.76. The zero-order valence-corrected chi connectivity index (χ0v) is 11.1. The van der Waals surface area contributed by atoms with Gasteiger partial charge < -0.3 is 4.74 Å². The third kappa shape index (κ3) is 4.06. The van der Waals surface area contributed by atoms with Gasteiger partial charge in [-0.15, -0.1) is 0 Å². The highest BCUT2D eigenvalue weighted by molar-refractivity contribution is 9.10. The van der Waals surface area contributed by atoms with Crippen LogP contribution in [0.2, 0.25) is 0 Å². The molecule has 17 heavy (non-hydrogen) atoms. The summed E-state index contributed by atoms with van der Waals surface area (Å²) in [4.78, 5) is 37.9. The first-order valence-corrected chi connectivity index (χ1v) is 5.50. The summed E-state index contributed by atoms with van der Waals surface area (Å²) in [6, 6.07) is 0. The molecule has 1 aromatic heterocycles. The molecule has 0 radical (unpaired) electrons. The van der Waals surface area contributed by atoms with Crippen LogP contribution in [0.3, 0.4) is 0 Å². The van der Waals surface area contributed by atoms with Crippen molar-refractivity contribution >= 4 is 27.8 Å². The fourth-order valence-electron chi connectivity index (χ4n) is 0.963. The van der Waals surface area contributed by atoms with Gasteiger partial charge in [-0.1, -0.05) is 0 Å². The summed E-state index contributed by atoms with van der Waals surface area (Å²) in [5, 5.41) is 2.26. The molecule has 0 aliphatic rings. The van der Waals surface area contributed by atoms with Crippen LogP contribution in [-0.2, 0) is 4.74 Å². The normalized spacial score (nSPS) is 11.1. The molecule has 1 amide bonds. The Morgan fingerprint density at radius 3 is 2.41 bits per heavy atom. The Labute approximate surface area is 105 Å². The van der Waals surface area contributed by atoms with Crippen LogP contribution in [-0.4, -0.2) is 21.7 Å². The van der Waals surface area contributed by atoms with E-state index in [4.69, 9.17) is 4.74 Å². The number of halogens is 1. The number of hydrogen-bond acceptors (Lipinski definition) is 4. The van der Waals surface area contributed by atoms with Crippen LogP contribution in [0.15, 0.2) is 14.1 Å². The molecule has 1 heterocycles. The number of aromatic nitrogens is 2. The van der Waals surface area contributed by atoms with Gasteiger partial charge in [0.15, 0.2) is 0 Å². The number of carbonyl (C=O) groups is 1. The molecular formula is C9H12BrN3O4. The van der Waals surface area contributed by atoms with Gasteiger partial charge in [0.05, 0.1) is 0 Å². The highest BCUT2D eigenvalue weighted by atomic mass is 79.9. The van der Waals surface area contributed by atoms with E-state index >= 15 is 0 Å². The quantitative estimate of drug-likeness (QED) is 0.724. The molecule has 0 bridgehead atoms. The van der Waals surface area contributed by atoms with Gasteiger partial charge in [0.2, 0.25) is 0 Å². The van der Waals surface area contributed by atoms with Gasteiger partial charge in [-0.05, 0) is 36.7 Å². The SMILES string of the molecule is CC(C)(C)OC(=O)Nc1[nH]c(=O)[nH]c(=O)c1Br. The van der Waals surface area contributed by atoms with Crippen LogP contribution < -0.4 is 16.6 Å². The van der Waals surface area contributed by atoms with E-state index in [-0.39, 0.29) is 10.3 Å². The van der Waals surface area contributed by atoms with Crippen LogP contribution in [0.25, 0.3) is 0 Å². The summed E-state index contributed by atoms with van der Waals surface area (Å²) in [5.74, 6) is -0.0481. The number of nitrogens with one attached hydrogen (secondary N) is 3. The van der Waals surface area contributed by atoms with Gasteiger partial charge in [0.25, 0.3) is 5.56 Å². The summed E-state index contributed by atoms with van der Waals surface area (Å²) in [7, 11) is 0. The van der Waals surface area contributed by atoms with Gasteiger partial charge in [-0.3, -0.25) is 20.1 Å². The number of carbonyl (C=O) groups excluding carboxylic acids is 1. The zero-order valence-electron chi connectivity index (χ0n) is 9.51. The minimum Gasteiger partial charge on any atom is -0.444 e. The maximum absolute atomic E-state index is 11.4. The topological polar surface area (TPSA) is 104 Å². The smallest absolute Gasteiger partial charge is 0.413 e. The second-order valence-corrected chi connectivity index (χ2v) is 5.02. The lowest BCUT2D eigenvalue weighted by molar-refractivity contribution is 0.0635. The molecule has 7 nitrogen and oxygen atoms in total. The molecule has 0 unspecified atom stereocenters. The second-order valence-electron chi connectivity index (χ2n) is 4.22. The van der Waals surface area contributed by atoms with Gasteiger partial charge >= 0.3 is 11.8 Å². The van der Waals surface area contributed by atoms with Crippen molar-refractivity contribution in [3.8, 4) is 0 Å². The Balaban J connectivity index is 2.93. The first kappa shape index (κ1) is 13.5. The lowest BCUT2D eigenvalue weighted by Crippen LogP contribution is -2.30. The molecule has 0 aromatic carbocycles. The molecular weight excluding hydrogens is 294 g/mol. The van der Waals surface area contributed by atoms with Crippen LogP contribution >= 0.6 is 15.9 Å². The molecule has 0 saturated heterocycles. The lowest BCUT2D eigenvalue weighted by Gasteiger charge is -2.19. The van der Waals surface area contributed by atoms with Gasteiger partial charge in [-0.25, -0.2) is 9.59 Å². The highest BCUT2D eigenvalue weighted by Crippen LogP contribution is 2.14. The van der Waals surface area contributed by atoms with E-state index in [9.17, 15) is 14.4 Å². The van der Waals surface area contributed by atoms with Crippen LogP contribution in [0.4, 0.5) is 10.6 Å². The highest BCUT2D eigenvalue weighted by Gasteiger charge is 2.18. The number of amides is 1. The molecule has 0 fully saturated rings. The van der Waals surface area contributed by atoms with E-state index in [0.717, 1.165) is 0 Å². The number of ether oxygens (including phenoxy) is 1. The standard InChI is InChI=1S/C9H12BrN3O4/c1-9(2,3)17-8(16)12-5-4(10)6(14)13-7(15)11-5/h1-3H3,(H3,11,12,13,14,15,16). The fourth-order valence-corrected chi connectivity index (χ4v) is 1.26. The third-order valence-corrected chi connectivity index (χ3v) is 2.27. The number of anilines is 1. The molecule has 8 heteroatoms. The summed E-state index contributed by atoms with van der Waals surface area (Å²) in [5.41, 5.74) is -2.03. The molecule has 0 atom stereocenters. The van der Waals surface area contributed by atoms with Gasteiger partial charge in [0, 0.05) is 0 Å². The van der Waals surface area contributed by atoms with Crippen molar-refractivity contribution in [1.82, 2.24) is 9.97 Å². The van der Waals surface area contributed by atoms with Gasteiger partial charge in [-0.2, -0.15) is 0 Å². The van der Waals surface area contributed by atoms with Crippen molar-refractivity contribution in [3.05, 3.63) is 25.3 Å². The number of hydrogen-bond donors (Lipinski definition) is 3. The number of rotatable bonds is 1. The Bertz CT molecular complexity index is 540. The van der Waals surface area contributed by atoms with Gasteiger partial charge in [0.1, 0.15) is 15.9 Å². The minimum absolute atomic E-state index is 0.0166. The molecule has 0 aliphatic heterocycles. The van der Waals surface area contributed by atoms with E-state index < -0.39 is 22.9 Å². The van der Waals surface area contributed by atoms with Crippen molar-refractivity contribution < 1.29 is 9.53 Å². The van der Waals surface area contributed by atoms with E-state index in [1.165, 1.54) is 0 Å². The summed E-state index contributed by atoms with van der Waals surface area (Å²) < 4.78 is 4.99. The van der Waals surface area contributed by atoms with Crippen molar-refractivity contribution in [2.75, 3.05) is 5.32 Å². The van der Waals surface area contributed by atoms with Crippen LogP contribution in [0, 0.1) is 0 Å². The Hall–Kier alpha value is -1.57. The average molecular weight is 306 g/mol. The maximum atomic E-state index is 11.4. The van der Waals surface area contributed by atoms with Crippen LogP contribution in [0.5, 0.6) is 0 Å². The zero-order chi connectivity index (χ0) is 13.2. The first-order valence-electron chi connectivity index (χ1n) is 4.71. The molecule has 1 rings (SSSR count). The molecule has 1 aromatic rings. The van der Waals surface area contributed by atoms with E-state index in [1.807, 2.05) is 4.98 Å². The monoisotopic (exact) mass is 305 g/mol. The summed E-state index contributed by atoms with van der Waals surface area (Å²) >= 11 is 2.94. The predicted octanol–water partition coefficient (Wildman–Crippen LogP) is 1.17. The Morgan fingerprint density at radius 2 is 1.88 bits per heavy atom. The molecule has 0 spiro atoms. The number of H-pyrrole nitrogens is 2. The molecule has 0 aliphatic carbocycles. The van der Waals surface area contributed by atoms with Crippen molar-refractivity contribution in [2.45, 2.75) is 26.4 Å². The molecule has 0 saturated carbocycles. The lowest BCUT2D eigenvalue weighted by atomic mass is 10.2. The predicted molar refractivity (Wildman–Crippen MR) is 65.2 cm³/mol. The van der Waals surface area contributed by atoms with Crippen molar-refractivity contribution in [1.29, 1.82) is 0 Å². The first-order chi connectivity index (χ1) is 7.69. The maximum Gasteiger partial charge on any atom is 0.413 e. The van der Waals surface area contributed by atoms with Crippen LogP contribution in [0.1, 0.15) is 20.8 Å². The van der Waals surface area contributed by atoms with Crippen molar-refractivity contribution in [3.63, 3.8) is 0 Å². The molecule has 3 N–H and O–H groups in total. The number of aromatic amines is 2. The Morgan fingerprint density at radius 1 is 1.29 bits per heavy atom. The minimum atomic E-state index is -0.764. The third-order valence-electron chi connectivity index (χ3n) is 1.51. The summed E-state index contributed by atoms with van der Waals surface area (Å²) in [6.45, 7) is 5.09. The van der Waals surface area contributed by atoms with E-state index in [2.05, 4.69) is 26.2 Å². The van der Waals surface area contributed by atoms with E-state index in [0.29, 0.717) is 0 Å². The van der Waals surface area contributed by atoms with Crippen molar-refractivity contribution in [2.24, 2.45) is 0 Å². The fraction of sp³-hybridized carbons (Fsp3) is 0.444.